The molecular formula is C13H17FN6O7. The number of carbonyl (C=O) groups is 1. The number of nitrogens with one attached hydrogen (secondary N) is 1. The zero-order chi connectivity index (χ0) is 20.2. The van der Waals surface area contributed by atoms with Crippen LogP contribution in [0.5, 0.6) is 0 Å². The molecule has 1 saturated heterocycles. The van der Waals surface area contributed by atoms with Crippen molar-refractivity contribution in [1.29, 1.82) is 0 Å². The number of esters is 1. The van der Waals surface area contributed by atoms with Crippen molar-refractivity contribution < 1.29 is 34.0 Å². The molecule has 0 radical (unpaired) electrons. The highest BCUT2D eigenvalue weighted by atomic mass is 19.1. The summed E-state index contributed by atoms with van der Waals surface area (Å²) < 4.78 is 24.7. The molecule has 2 rings (SSSR count). The molecule has 1 aromatic heterocycles. The van der Waals surface area contributed by atoms with E-state index in [1.807, 2.05) is 0 Å². The molecule has 27 heavy (non-hydrogen) atoms. The maximum Gasteiger partial charge on any atom is 0.351 e. The van der Waals surface area contributed by atoms with Crippen LogP contribution in [0.15, 0.2) is 22.2 Å². The molecule has 14 heteroatoms. The molecule has 0 aromatic carbocycles. The monoisotopic (exact) mass is 388 g/mol. The number of anilines is 1. The van der Waals surface area contributed by atoms with Crippen molar-refractivity contribution in [2.75, 3.05) is 25.6 Å². The molecule has 0 saturated carbocycles. The second kappa shape index (κ2) is 8.28. The second-order valence-electron chi connectivity index (χ2n) is 5.50. The van der Waals surface area contributed by atoms with Gasteiger partial charge in [0, 0.05) is 11.1 Å². The largest absolute Gasteiger partial charge is 0.467 e. The normalized spacial score (nSPS) is 28.3. The van der Waals surface area contributed by atoms with E-state index in [9.17, 15) is 24.2 Å². The number of hydrogen-bond donors (Lipinski definition) is 4. The van der Waals surface area contributed by atoms with Gasteiger partial charge in [-0.1, -0.05) is 5.11 Å². The van der Waals surface area contributed by atoms with Crippen LogP contribution in [0, 0.1) is 0 Å². The fourth-order valence-electron chi connectivity index (χ4n) is 2.47. The van der Waals surface area contributed by atoms with Crippen LogP contribution < -0.4 is 11.0 Å². The number of rotatable bonds is 7. The minimum atomic E-state index is -2.29. The van der Waals surface area contributed by atoms with E-state index in [2.05, 4.69) is 25.1 Å². The molecule has 13 nitrogen and oxygen atoms in total. The number of methoxy groups -OCH3 is 1. The molecule has 0 aliphatic carbocycles. The minimum Gasteiger partial charge on any atom is -0.467 e. The standard InChI is InChI=1S/C13H17FN6O7/c1-26-11(24)6(4-21)16-7-2-3-20(12(25)17-7)10-8(14)9(23)13(5-22,27-10)18-19-15/h2-3,6,8-10,21-23H,4-5H2,1H3,(H,16,17,25)/t6-,8-,9-,10+,13+/m0/s1. The smallest absolute Gasteiger partial charge is 0.351 e. The number of aliphatic hydroxyl groups is 3. The van der Waals surface area contributed by atoms with Crippen molar-refractivity contribution in [2.45, 2.75) is 30.3 Å². The first kappa shape index (κ1) is 20.5. The molecule has 2 heterocycles. The van der Waals surface area contributed by atoms with E-state index in [4.69, 9.17) is 15.4 Å². The maximum atomic E-state index is 14.4. The van der Waals surface area contributed by atoms with Crippen molar-refractivity contribution >= 4 is 11.8 Å². The van der Waals surface area contributed by atoms with Gasteiger partial charge in [0.15, 0.2) is 12.4 Å². The highest BCUT2D eigenvalue weighted by Gasteiger charge is 2.56. The average Bonchev–Trinajstić information content (AvgIpc) is 2.91. The summed E-state index contributed by atoms with van der Waals surface area (Å²) in [4.78, 5) is 29.6. The van der Waals surface area contributed by atoms with E-state index < -0.39 is 55.1 Å². The summed E-state index contributed by atoms with van der Waals surface area (Å²) in [7, 11) is 1.11. The van der Waals surface area contributed by atoms with Gasteiger partial charge in [0.25, 0.3) is 0 Å². The fourth-order valence-corrected chi connectivity index (χ4v) is 2.47. The molecule has 1 aliphatic heterocycles. The van der Waals surface area contributed by atoms with Crippen molar-refractivity contribution in [3.05, 3.63) is 33.2 Å². The molecule has 0 bridgehead atoms. The number of nitrogens with zero attached hydrogens (tertiary/aromatic N) is 5. The van der Waals surface area contributed by atoms with Gasteiger partial charge in [-0.2, -0.15) is 4.98 Å². The minimum absolute atomic E-state index is 0.113. The van der Waals surface area contributed by atoms with Gasteiger partial charge in [0.05, 0.1) is 20.3 Å². The predicted octanol–water partition coefficient (Wildman–Crippen LogP) is -1.58. The third-order valence-electron chi connectivity index (χ3n) is 3.90. The fraction of sp³-hybridized carbons (Fsp3) is 0.615. The van der Waals surface area contributed by atoms with E-state index in [-0.39, 0.29) is 5.82 Å². The Labute approximate surface area is 150 Å². The van der Waals surface area contributed by atoms with Crippen molar-refractivity contribution in [1.82, 2.24) is 9.55 Å². The topological polar surface area (TPSA) is 192 Å². The van der Waals surface area contributed by atoms with Crippen LogP contribution >= 0.6 is 0 Å². The lowest BCUT2D eigenvalue weighted by Gasteiger charge is -2.23. The number of carbonyl (C=O) groups excluding carboxylic acids is 1. The van der Waals surface area contributed by atoms with Crippen LogP contribution in [0.25, 0.3) is 10.4 Å². The second-order valence-corrected chi connectivity index (χ2v) is 5.50. The molecule has 148 valence electrons. The molecule has 0 spiro atoms. The number of ether oxygens (including phenoxy) is 2. The maximum absolute atomic E-state index is 14.4. The molecule has 1 aromatic rings. The molecule has 0 amide bonds. The van der Waals surface area contributed by atoms with Gasteiger partial charge in [-0.05, 0) is 11.6 Å². The zero-order valence-corrected chi connectivity index (χ0v) is 14.0. The van der Waals surface area contributed by atoms with Crippen LogP contribution in [0.1, 0.15) is 6.23 Å². The Morgan fingerprint density at radius 1 is 1.67 bits per heavy atom. The molecule has 1 aliphatic rings. The van der Waals surface area contributed by atoms with Gasteiger partial charge in [0.2, 0.25) is 5.72 Å². The van der Waals surface area contributed by atoms with Crippen LogP contribution in [0.2, 0.25) is 0 Å². The van der Waals surface area contributed by atoms with E-state index in [1.54, 1.807) is 0 Å². The summed E-state index contributed by atoms with van der Waals surface area (Å²) in [6.45, 7) is -1.65. The molecule has 4 N–H and O–H groups in total. The number of hydrogen-bond acceptors (Lipinski definition) is 10. The third-order valence-corrected chi connectivity index (χ3v) is 3.90. The summed E-state index contributed by atoms with van der Waals surface area (Å²) in [5.41, 5.74) is 5.21. The summed E-state index contributed by atoms with van der Waals surface area (Å²) in [6, 6.07) is 0.00494. The van der Waals surface area contributed by atoms with Gasteiger partial charge in [-0.25, -0.2) is 14.0 Å². The van der Waals surface area contributed by atoms with E-state index in [0.717, 1.165) is 13.3 Å². The number of aromatic nitrogens is 2. The average molecular weight is 388 g/mol. The molecule has 1 fully saturated rings. The highest BCUT2D eigenvalue weighted by Crippen LogP contribution is 2.39. The summed E-state index contributed by atoms with van der Waals surface area (Å²) in [5, 5.41) is 33.9. The van der Waals surface area contributed by atoms with Crippen molar-refractivity contribution in [3.8, 4) is 0 Å². The number of alkyl halides is 1. The quantitative estimate of drug-likeness (QED) is 0.184. The Morgan fingerprint density at radius 2 is 2.37 bits per heavy atom. The lowest BCUT2D eigenvalue weighted by Crippen LogP contribution is -2.43. The Bertz CT molecular complexity index is 800. The van der Waals surface area contributed by atoms with Gasteiger partial charge >= 0.3 is 11.7 Å². The third kappa shape index (κ3) is 3.84. The van der Waals surface area contributed by atoms with Crippen LogP contribution in [0.3, 0.4) is 0 Å². The Balaban J connectivity index is 2.29. The van der Waals surface area contributed by atoms with Crippen molar-refractivity contribution in [2.24, 2.45) is 5.11 Å². The lowest BCUT2D eigenvalue weighted by atomic mass is 10.1. The molecular weight excluding hydrogens is 371 g/mol. The first-order chi connectivity index (χ1) is 12.8. The van der Waals surface area contributed by atoms with Gasteiger partial charge in [-0.3, -0.25) is 4.57 Å². The number of aliphatic hydroxyl groups excluding tert-OH is 3. The summed E-state index contributed by atoms with van der Waals surface area (Å²) >= 11 is 0. The molecule has 5 atom stereocenters. The van der Waals surface area contributed by atoms with E-state index >= 15 is 0 Å². The molecule has 0 unspecified atom stereocenters. The van der Waals surface area contributed by atoms with Crippen LogP contribution in [0.4, 0.5) is 10.2 Å². The Morgan fingerprint density at radius 3 is 2.89 bits per heavy atom. The van der Waals surface area contributed by atoms with E-state index in [1.165, 1.54) is 6.07 Å². The van der Waals surface area contributed by atoms with Gasteiger partial charge in [-0.15, -0.1) is 0 Å². The predicted molar refractivity (Wildman–Crippen MR) is 85.0 cm³/mol. The first-order valence-corrected chi connectivity index (χ1v) is 7.55. The summed E-state index contributed by atoms with van der Waals surface area (Å²) in [6.07, 6.45) is -4.90. The highest BCUT2D eigenvalue weighted by molar-refractivity contribution is 5.78. The Kier molecular flexibility index (Phi) is 6.30. The number of halogens is 1. The van der Waals surface area contributed by atoms with Crippen LogP contribution in [-0.4, -0.2) is 75.2 Å². The van der Waals surface area contributed by atoms with E-state index in [0.29, 0.717) is 4.57 Å². The first-order valence-electron chi connectivity index (χ1n) is 7.55. The van der Waals surface area contributed by atoms with Gasteiger partial charge in [0.1, 0.15) is 18.0 Å². The van der Waals surface area contributed by atoms with Gasteiger partial charge < -0.3 is 30.1 Å². The SMILES string of the molecule is COC(=O)[C@H](CO)Nc1ccn([C@@H]2O[C@@](CO)(N=[N+]=[N-])[C@@H](O)[C@@H]2F)c(=O)n1. The Hall–Kier alpha value is -2.77. The lowest BCUT2D eigenvalue weighted by molar-refractivity contribution is -0.142. The summed E-state index contributed by atoms with van der Waals surface area (Å²) in [5.74, 6) is -0.908. The zero-order valence-electron chi connectivity index (χ0n) is 14.0. The van der Waals surface area contributed by atoms with Crippen molar-refractivity contribution in [3.63, 3.8) is 0 Å². The van der Waals surface area contributed by atoms with Crippen LogP contribution in [-0.2, 0) is 14.3 Å². The number of azide groups is 1.